The maximum atomic E-state index is 5.78. The van der Waals surface area contributed by atoms with Crippen LogP contribution >= 0.6 is 0 Å². The summed E-state index contributed by atoms with van der Waals surface area (Å²) in [6.07, 6.45) is 0.226. The van der Waals surface area contributed by atoms with Crippen molar-refractivity contribution in [3.8, 4) is 5.75 Å². The van der Waals surface area contributed by atoms with Gasteiger partial charge in [0.1, 0.15) is 5.75 Å². The van der Waals surface area contributed by atoms with Crippen LogP contribution in [0, 0.1) is 6.92 Å². The van der Waals surface area contributed by atoms with E-state index in [0.29, 0.717) is 0 Å². The van der Waals surface area contributed by atoms with Crippen molar-refractivity contribution in [1.82, 2.24) is 5.32 Å². The van der Waals surface area contributed by atoms with Crippen molar-refractivity contribution < 1.29 is 4.74 Å². The quantitative estimate of drug-likeness (QED) is 0.830. The van der Waals surface area contributed by atoms with Crippen LogP contribution in [0.3, 0.4) is 0 Å². The van der Waals surface area contributed by atoms with Gasteiger partial charge in [-0.15, -0.1) is 0 Å². The smallest absolute Gasteiger partial charge is 0.122 e. The second kappa shape index (κ2) is 6.24. The van der Waals surface area contributed by atoms with Crippen molar-refractivity contribution in [3.63, 3.8) is 0 Å². The van der Waals surface area contributed by atoms with E-state index in [1.165, 1.54) is 11.1 Å². The molecule has 0 bridgehead atoms. The van der Waals surface area contributed by atoms with Gasteiger partial charge in [-0.25, -0.2) is 0 Å². The standard InChI is InChI=1S/C16H27NO/c1-7-17-11-16(5,6)14-8-9-15(13(4)10-14)18-12(2)3/h8-10,12,17H,7,11H2,1-6H3. The number of hydrogen-bond donors (Lipinski definition) is 1. The van der Waals surface area contributed by atoms with Gasteiger partial charge in [0.25, 0.3) is 0 Å². The van der Waals surface area contributed by atoms with Crippen LogP contribution in [0.5, 0.6) is 5.75 Å². The highest BCUT2D eigenvalue weighted by Crippen LogP contribution is 2.28. The summed E-state index contributed by atoms with van der Waals surface area (Å²) < 4.78 is 5.78. The summed E-state index contributed by atoms with van der Waals surface area (Å²) in [7, 11) is 0. The maximum absolute atomic E-state index is 5.78. The molecule has 0 saturated carbocycles. The zero-order valence-electron chi connectivity index (χ0n) is 12.6. The second-order valence-electron chi connectivity index (χ2n) is 5.81. The Hall–Kier alpha value is -1.02. The lowest BCUT2D eigenvalue weighted by atomic mass is 9.84. The molecule has 0 aliphatic heterocycles. The van der Waals surface area contributed by atoms with Gasteiger partial charge < -0.3 is 10.1 Å². The average molecular weight is 249 g/mol. The Morgan fingerprint density at radius 3 is 2.44 bits per heavy atom. The van der Waals surface area contributed by atoms with Crippen molar-refractivity contribution in [2.75, 3.05) is 13.1 Å². The molecule has 1 aromatic carbocycles. The van der Waals surface area contributed by atoms with Gasteiger partial charge in [0.05, 0.1) is 6.10 Å². The summed E-state index contributed by atoms with van der Waals surface area (Å²) >= 11 is 0. The first-order valence-corrected chi connectivity index (χ1v) is 6.85. The Morgan fingerprint density at radius 1 is 1.28 bits per heavy atom. The minimum absolute atomic E-state index is 0.150. The molecule has 1 rings (SSSR count). The van der Waals surface area contributed by atoms with Crippen LogP contribution in [0.15, 0.2) is 18.2 Å². The number of hydrogen-bond acceptors (Lipinski definition) is 2. The van der Waals surface area contributed by atoms with E-state index in [9.17, 15) is 0 Å². The predicted molar refractivity (Wildman–Crippen MR) is 78.5 cm³/mol. The number of nitrogens with one attached hydrogen (secondary N) is 1. The van der Waals surface area contributed by atoms with E-state index in [1.54, 1.807) is 0 Å². The van der Waals surface area contributed by atoms with E-state index in [1.807, 2.05) is 0 Å². The molecule has 0 fully saturated rings. The van der Waals surface area contributed by atoms with Crippen LogP contribution in [0.2, 0.25) is 0 Å². The SMILES string of the molecule is CCNCC(C)(C)c1ccc(OC(C)C)c(C)c1. The maximum Gasteiger partial charge on any atom is 0.122 e. The van der Waals surface area contributed by atoms with E-state index in [-0.39, 0.29) is 11.5 Å². The Balaban J connectivity index is 2.89. The molecular formula is C16H27NO. The highest BCUT2D eigenvalue weighted by atomic mass is 16.5. The van der Waals surface area contributed by atoms with Gasteiger partial charge in [0.2, 0.25) is 0 Å². The molecule has 0 heterocycles. The molecule has 0 aliphatic rings. The Bertz CT molecular complexity index is 383. The summed E-state index contributed by atoms with van der Waals surface area (Å²) in [5.41, 5.74) is 2.72. The average Bonchev–Trinajstić information content (AvgIpc) is 2.28. The monoisotopic (exact) mass is 249 g/mol. The molecule has 0 amide bonds. The zero-order valence-corrected chi connectivity index (χ0v) is 12.6. The molecule has 0 aliphatic carbocycles. The number of ether oxygens (including phenoxy) is 1. The number of likely N-dealkylation sites (N-methyl/N-ethyl adjacent to an activating group) is 1. The van der Waals surface area contributed by atoms with Crippen LogP contribution in [-0.4, -0.2) is 19.2 Å². The van der Waals surface area contributed by atoms with Crippen molar-refractivity contribution in [2.24, 2.45) is 0 Å². The fourth-order valence-corrected chi connectivity index (χ4v) is 2.00. The lowest BCUT2D eigenvalue weighted by Crippen LogP contribution is -2.32. The van der Waals surface area contributed by atoms with Crippen LogP contribution < -0.4 is 10.1 Å². The minimum atomic E-state index is 0.150. The molecule has 18 heavy (non-hydrogen) atoms. The molecule has 1 N–H and O–H groups in total. The number of aryl methyl sites for hydroxylation is 1. The van der Waals surface area contributed by atoms with Gasteiger partial charge in [0.15, 0.2) is 0 Å². The number of rotatable bonds is 6. The predicted octanol–water partition coefficient (Wildman–Crippen LogP) is 3.67. The summed E-state index contributed by atoms with van der Waals surface area (Å²) in [6.45, 7) is 14.9. The van der Waals surface area contributed by atoms with Gasteiger partial charge in [0, 0.05) is 12.0 Å². The lowest BCUT2D eigenvalue weighted by Gasteiger charge is -2.26. The Kier molecular flexibility index (Phi) is 5.21. The Morgan fingerprint density at radius 2 is 1.94 bits per heavy atom. The molecule has 0 atom stereocenters. The molecule has 0 aromatic heterocycles. The normalized spacial score (nSPS) is 11.9. The van der Waals surface area contributed by atoms with Crippen molar-refractivity contribution >= 4 is 0 Å². The molecule has 0 saturated heterocycles. The largest absolute Gasteiger partial charge is 0.491 e. The van der Waals surface area contributed by atoms with Crippen LogP contribution in [-0.2, 0) is 5.41 Å². The minimum Gasteiger partial charge on any atom is -0.491 e. The summed E-state index contributed by atoms with van der Waals surface area (Å²) in [5.74, 6) is 0.994. The molecule has 2 nitrogen and oxygen atoms in total. The summed E-state index contributed by atoms with van der Waals surface area (Å²) in [5, 5.41) is 3.42. The molecule has 1 aromatic rings. The van der Waals surface area contributed by atoms with E-state index in [4.69, 9.17) is 4.74 Å². The van der Waals surface area contributed by atoms with E-state index in [0.717, 1.165) is 18.8 Å². The number of benzene rings is 1. The van der Waals surface area contributed by atoms with Crippen molar-refractivity contribution in [2.45, 2.75) is 53.1 Å². The highest BCUT2D eigenvalue weighted by Gasteiger charge is 2.20. The molecule has 0 spiro atoms. The molecule has 0 radical (unpaired) electrons. The summed E-state index contributed by atoms with van der Waals surface area (Å²) in [6, 6.07) is 6.52. The fraction of sp³-hybridized carbons (Fsp3) is 0.625. The summed E-state index contributed by atoms with van der Waals surface area (Å²) in [4.78, 5) is 0. The highest BCUT2D eigenvalue weighted by molar-refractivity contribution is 5.39. The molecule has 102 valence electrons. The fourth-order valence-electron chi connectivity index (χ4n) is 2.00. The van der Waals surface area contributed by atoms with Crippen LogP contribution in [0.1, 0.15) is 45.7 Å². The van der Waals surface area contributed by atoms with Crippen LogP contribution in [0.25, 0.3) is 0 Å². The molecule has 0 unspecified atom stereocenters. The zero-order chi connectivity index (χ0) is 13.8. The van der Waals surface area contributed by atoms with E-state index in [2.05, 4.69) is 65.1 Å². The van der Waals surface area contributed by atoms with Crippen LogP contribution in [0.4, 0.5) is 0 Å². The second-order valence-corrected chi connectivity index (χ2v) is 5.81. The third kappa shape index (κ3) is 4.02. The molecular weight excluding hydrogens is 222 g/mol. The third-order valence-electron chi connectivity index (χ3n) is 3.14. The topological polar surface area (TPSA) is 21.3 Å². The van der Waals surface area contributed by atoms with Gasteiger partial charge in [-0.05, 0) is 44.5 Å². The first-order chi connectivity index (χ1) is 8.36. The third-order valence-corrected chi connectivity index (χ3v) is 3.14. The van der Waals surface area contributed by atoms with Crippen molar-refractivity contribution in [3.05, 3.63) is 29.3 Å². The van der Waals surface area contributed by atoms with Gasteiger partial charge in [-0.2, -0.15) is 0 Å². The van der Waals surface area contributed by atoms with Crippen molar-refractivity contribution in [1.29, 1.82) is 0 Å². The first-order valence-electron chi connectivity index (χ1n) is 6.85. The first kappa shape index (κ1) is 15.0. The van der Waals surface area contributed by atoms with Gasteiger partial charge in [-0.1, -0.05) is 32.9 Å². The molecule has 2 heteroatoms. The Labute approximate surface area is 112 Å². The van der Waals surface area contributed by atoms with E-state index < -0.39 is 0 Å². The van der Waals surface area contributed by atoms with Gasteiger partial charge >= 0.3 is 0 Å². The van der Waals surface area contributed by atoms with Gasteiger partial charge in [-0.3, -0.25) is 0 Å². The van der Waals surface area contributed by atoms with E-state index >= 15 is 0 Å². The lowest BCUT2D eigenvalue weighted by molar-refractivity contribution is 0.240.